The van der Waals surface area contributed by atoms with Gasteiger partial charge in [-0.15, -0.1) is 11.8 Å². The molecule has 0 atom stereocenters. The van der Waals surface area contributed by atoms with Crippen LogP contribution in [0.3, 0.4) is 0 Å². The summed E-state index contributed by atoms with van der Waals surface area (Å²) < 4.78 is 2.47. The molecule has 3 rings (SSSR count). The average Bonchev–Trinajstić information content (AvgIpc) is 2.86. The van der Waals surface area contributed by atoms with Gasteiger partial charge in [0.1, 0.15) is 5.82 Å². The molecule has 1 aromatic carbocycles. The molecule has 0 spiro atoms. The number of nitrogens with zero attached hydrogens (tertiary/aromatic N) is 2. The minimum atomic E-state index is 0.242. The molecule has 0 saturated carbocycles. The van der Waals surface area contributed by atoms with Crippen LogP contribution < -0.4 is 0 Å². The minimum Gasteiger partial charge on any atom is -0.312 e. The first-order valence-electron chi connectivity index (χ1n) is 5.91. The Morgan fingerprint density at radius 2 is 2.06 bits per heavy atom. The second-order valence-corrected chi connectivity index (χ2v) is 5.63. The highest BCUT2D eigenvalue weighted by atomic mass is 32.2. The molecule has 16 heavy (non-hydrogen) atoms. The van der Waals surface area contributed by atoms with E-state index in [0.29, 0.717) is 0 Å². The van der Waals surface area contributed by atoms with Crippen LogP contribution in [0.1, 0.15) is 32.5 Å². The van der Waals surface area contributed by atoms with Gasteiger partial charge in [-0.05, 0) is 25.0 Å². The van der Waals surface area contributed by atoms with Gasteiger partial charge in [0.05, 0.1) is 21.7 Å². The van der Waals surface area contributed by atoms with Crippen LogP contribution in [-0.2, 0) is 10.6 Å². The van der Waals surface area contributed by atoms with Gasteiger partial charge < -0.3 is 4.57 Å². The lowest BCUT2D eigenvalue weighted by Gasteiger charge is -2.28. The molecule has 84 valence electrons. The normalized spacial score (nSPS) is 17.9. The summed E-state index contributed by atoms with van der Waals surface area (Å²) in [7, 11) is 0. The summed E-state index contributed by atoms with van der Waals surface area (Å²) in [5, 5.41) is 0. The number of benzene rings is 1. The summed E-state index contributed by atoms with van der Waals surface area (Å²) in [6, 6.07) is 8.48. The molecular formula is C13H16N2S. The molecule has 0 unspecified atom stereocenters. The Morgan fingerprint density at radius 3 is 2.81 bits per heavy atom. The minimum absolute atomic E-state index is 0.242. The average molecular weight is 232 g/mol. The number of para-hydroxylation sites is 2. The van der Waals surface area contributed by atoms with E-state index in [1.807, 2.05) is 11.8 Å². The zero-order valence-electron chi connectivity index (χ0n) is 9.73. The molecule has 0 amide bonds. The molecule has 0 aliphatic carbocycles. The van der Waals surface area contributed by atoms with E-state index in [4.69, 9.17) is 4.98 Å². The maximum absolute atomic E-state index is 4.73. The molecular weight excluding hydrogens is 216 g/mol. The first kappa shape index (κ1) is 10.2. The predicted molar refractivity (Wildman–Crippen MR) is 69.6 cm³/mol. The lowest BCUT2D eigenvalue weighted by atomic mass is 10.1. The van der Waals surface area contributed by atoms with Crippen LogP contribution in [0.4, 0.5) is 0 Å². The predicted octanol–water partition coefficient (Wildman–Crippen LogP) is 3.76. The van der Waals surface area contributed by atoms with Crippen LogP contribution >= 0.6 is 11.8 Å². The summed E-state index contributed by atoms with van der Waals surface area (Å²) in [5.41, 5.74) is 2.44. The van der Waals surface area contributed by atoms with Crippen LogP contribution in [0, 0.1) is 0 Å². The molecule has 1 aliphatic heterocycles. The third kappa shape index (κ3) is 1.18. The molecule has 0 radical (unpaired) electrons. The topological polar surface area (TPSA) is 17.8 Å². The van der Waals surface area contributed by atoms with Crippen molar-refractivity contribution in [2.24, 2.45) is 0 Å². The fourth-order valence-electron chi connectivity index (χ4n) is 2.66. The third-order valence-corrected chi connectivity index (χ3v) is 5.31. The van der Waals surface area contributed by atoms with Crippen molar-refractivity contribution < 1.29 is 0 Å². The van der Waals surface area contributed by atoms with Crippen molar-refractivity contribution in [1.29, 1.82) is 0 Å². The Bertz CT molecular complexity index is 526. The Kier molecular flexibility index (Phi) is 2.25. The number of hydrogen-bond acceptors (Lipinski definition) is 2. The molecule has 3 heteroatoms. The summed E-state index contributed by atoms with van der Waals surface area (Å²) >= 11 is 2.04. The van der Waals surface area contributed by atoms with Crippen molar-refractivity contribution in [1.82, 2.24) is 9.55 Å². The first-order chi connectivity index (χ1) is 7.80. The highest BCUT2D eigenvalue weighted by Gasteiger charge is 2.38. The van der Waals surface area contributed by atoms with E-state index in [-0.39, 0.29) is 4.87 Å². The second kappa shape index (κ2) is 3.52. The van der Waals surface area contributed by atoms with Gasteiger partial charge in [-0.25, -0.2) is 4.98 Å². The Labute approximate surface area is 100 Å². The van der Waals surface area contributed by atoms with Gasteiger partial charge in [0, 0.05) is 0 Å². The van der Waals surface area contributed by atoms with Crippen LogP contribution in [0.15, 0.2) is 24.3 Å². The maximum atomic E-state index is 4.73. The van der Waals surface area contributed by atoms with Crippen molar-refractivity contribution >= 4 is 22.8 Å². The highest BCUT2D eigenvalue weighted by molar-refractivity contribution is 7.99. The SMILES string of the molecule is CCC1(CC)SCc2nc3ccccc3n21. The molecule has 0 fully saturated rings. The Hall–Kier alpha value is -0.960. The monoisotopic (exact) mass is 232 g/mol. The van der Waals surface area contributed by atoms with Crippen molar-refractivity contribution in [2.45, 2.75) is 37.3 Å². The van der Waals surface area contributed by atoms with Gasteiger partial charge in [0.15, 0.2) is 0 Å². The maximum Gasteiger partial charge on any atom is 0.121 e. The van der Waals surface area contributed by atoms with E-state index in [1.165, 1.54) is 24.2 Å². The fraction of sp³-hybridized carbons (Fsp3) is 0.462. The Balaban J connectivity index is 2.30. The van der Waals surface area contributed by atoms with Gasteiger partial charge in [-0.2, -0.15) is 0 Å². The van der Waals surface area contributed by atoms with Crippen LogP contribution in [-0.4, -0.2) is 9.55 Å². The van der Waals surface area contributed by atoms with Gasteiger partial charge in [-0.1, -0.05) is 26.0 Å². The molecule has 0 saturated heterocycles. The van der Waals surface area contributed by atoms with E-state index in [1.54, 1.807) is 0 Å². The van der Waals surface area contributed by atoms with Crippen molar-refractivity contribution in [3.8, 4) is 0 Å². The number of fused-ring (bicyclic) bond motifs is 3. The Morgan fingerprint density at radius 1 is 1.31 bits per heavy atom. The first-order valence-corrected chi connectivity index (χ1v) is 6.90. The zero-order chi connectivity index (χ0) is 11.2. The summed E-state index contributed by atoms with van der Waals surface area (Å²) in [5.74, 6) is 2.30. The molecule has 1 aliphatic rings. The van der Waals surface area contributed by atoms with Gasteiger partial charge in [-0.3, -0.25) is 0 Å². The van der Waals surface area contributed by atoms with E-state index < -0.39 is 0 Å². The molecule has 2 aromatic rings. The van der Waals surface area contributed by atoms with E-state index >= 15 is 0 Å². The van der Waals surface area contributed by atoms with Crippen molar-refractivity contribution in [2.75, 3.05) is 0 Å². The van der Waals surface area contributed by atoms with Gasteiger partial charge >= 0.3 is 0 Å². The third-order valence-electron chi connectivity index (χ3n) is 3.61. The largest absolute Gasteiger partial charge is 0.312 e. The molecule has 0 bridgehead atoms. The lowest BCUT2D eigenvalue weighted by Crippen LogP contribution is -2.24. The second-order valence-electron chi connectivity index (χ2n) is 4.29. The van der Waals surface area contributed by atoms with Crippen LogP contribution in [0.5, 0.6) is 0 Å². The van der Waals surface area contributed by atoms with E-state index in [0.717, 1.165) is 11.3 Å². The van der Waals surface area contributed by atoms with Crippen LogP contribution in [0.2, 0.25) is 0 Å². The highest BCUT2D eigenvalue weighted by Crippen LogP contribution is 2.47. The molecule has 1 aromatic heterocycles. The van der Waals surface area contributed by atoms with Crippen molar-refractivity contribution in [3.63, 3.8) is 0 Å². The molecule has 0 N–H and O–H groups in total. The fourth-order valence-corrected chi connectivity index (χ4v) is 3.99. The lowest BCUT2D eigenvalue weighted by molar-refractivity contribution is 0.431. The van der Waals surface area contributed by atoms with Gasteiger partial charge in [0.2, 0.25) is 0 Å². The number of aromatic nitrogens is 2. The quantitative estimate of drug-likeness (QED) is 0.784. The standard InChI is InChI=1S/C13H16N2S/c1-3-13(4-2)15-11-8-6-5-7-10(11)14-12(15)9-16-13/h5-8H,3-4,9H2,1-2H3. The number of imidazole rings is 1. The van der Waals surface area contributed by atoms with Gasteiger partial charge in [0.25, 0.3) is 0 Å². The van der Waals surface area contributed by atoms with E-state index in [2.05, 4.69) is 42.7 Å². The van der Waals surface area contributed by atoms with Crippen LogP contribution in [0.25, 0.3) is 11.0 Å². The number of hydrogen-bond donors (Lipinski definition) is 0. The number of thioether (sulfide) groups is 1. The van der Waals surface area contributed by atoms with E-state index in [9.17, 15) is 0 Å². The summed E-state index contributed by atoms with van der Waals surface area (Å²) in [4.78, 5) is 4.97. The molecule has 2 nitrogen and oxygen atoms in total. The number of rotatable bonds is 2. The smallest absolute Gasteiger partial charge is 0.121 e. The van der Waals surface area contributed by atoms with Crippen molar-refractivity contribution in [3.05, 3.63) is 30.1 Å². The summed E-state index contributed by atoms with van der Waals surface area (Å²) in [6.07, 6.45) is 2.34. The molecule has 2 heterocycles. The summed E-state index contributed by atoms with van der Waals surface area (Å²) in [6.45, 7) is 4.56. The zero-order valence-corrected chi connectivity index (χ0v) is 10.5.